The van der Waals surface area contributed by atoms with Crippen molar-refractivity contribution >= 4 is 11.7 Å². The highest BCUT2D eigenvalue weighted by Crippen LogP contribution is 2.37. The molecule has 1 N–H and O–H groups in total. The topological polar surface area (TPSA) is 40.5 Å². The predicted octanol–water partition coefficient (Wildman–Crippen LogP) is 2.76. The van der Waals surface area contributed by atoms with Gasteiger partial charge in [0.25, 0.3) is 0 Å². The summed E-state index contributed by atoms with van der Waals surface area (Å²) in [5, 5.41) is 9.08. The SMILES string of the molecule is CC(C1CC1)N(C)c1c(F)cccc1C(=O)O. The average Bonchev–Trinajstić information content (AvgIpc) is 3.10. The lowest BCUT2D eigenvalue weighted by Crippen LogP contribution is -2.32. The molecule has 3 nitrogen and oxygen atoms in total. The highest BCUT2D eigenvalue weighted by atomic mass is 19.1. The van der Waals surface area contributed by atoms with Crippen LogP contribution in [-0.4, -0.2) is 24.2 Å². The minimum absolute atomic E-state index is 0.0278. The Morgan fingerprint density at radius 1 is 1.53 bits per heavy atom. The quantitative estimate of drug-likeness (QED) is 0.875. The smallest absolute Gasteiger partial charge is 0.337 e. The summed E-state index contributed by atoms with van der Waals surface area (Å²) in [4.78, 5) is 12.8. The van der Waals surface area contributed by atoms with Crippen LogP contribution in [0.4, 0.5) is 10.1 Å². The first-order valence-corrected chi connectivity index (χ1v) is 5.77. The number of para-hydroxylation sites is 1. The molecule has 17 heavy (non-hydrogen) atoms. The molecule has 4 heteroatoms. The Morgan fingerprint density at radius 2 is 2.18 bits per heavy atom. The van der Waals surface area contributed by atoms with Crippen molar-refractivity contribution in [2.75, 3.05) is 11.9 Å². The van der Waals surface area contributed by atoms with E-state index in [0.29, 0.717) is 5.92 Å². The second-order valence-electron chi connectivity index (χ2n) is 4.63. The van der Waals surface area contributed by atoms with Crippen LogP contribution in [0.15, 0.2) is 18.2 Å². The van der Waals surface area contributed by atoms with Crippen molar-refractivity contribution in [1.82, 2.24) is 0 Å². The number of benzene rings is 1. The Labute approximate surface area is 99.9 Å². The van der Waals surface area contributed by atoms with E-state index >= 15 is 0 Å². The molecule has 0 radical (unpaired) electrons. The van der Waals surface area contributed by atoms with Crippen LogP contribution in [0.1, 0.15) is 30.1 Å². The number of nitrogens with zero attached hydrogens (tertiary/aromatic N) is 1. The molecule has 92 valence electrons. The zero-order valence-corrected chi connectivity index (χ0v) is 9.98. The monoisotopic (exact) mass is 237 g/mol. The fraction of sp³-hybridized carbons (Fsp3) is 0.462. The van der Waals surface area contributed by atoms with Crippen LogP contribution in [0.25, 0.3) is 0 Å². The lowest BCUT2D eigenvalue weighted by atomic mass is 10.1. The van der Waals surface area contributed by atoms with E-state index in [1.807, 2.05) is 6.92 Å². The van der Waals surface area contributed by atoms with Crippen LogP contribution in [0, 0.1) is 11.7 Å². The van der Waals surface area contributed by atoms with Crippen LogP contribution < -0.4 is 4.90 Å². The summed E-state index contributed by atoms with van der Waals surface area (Å²) in [6.07, 6.45) is 2.28. The molecule has 0 saturated heterocycles. The van der Waals surface area contributed by atoms with Gasteiger partial charge in [0.2, 0.25) is 0 Å². The summed E-state index contributed by atoms with van der Waals surface area (Å²) >= 11 is 0. The average molecular weight is 237 g/mol. The molecule has 0 aliphatic heterocycles. The third kappa shape index (κ3) is 2.25. The van der Waals surface area contributed by atoms with Crippen molar-refractivity contribution in [3.05, 3.63) is 29.6 Å². The Kier molecular flexibility index (Phi) is 3.05. The van der Waals surface area contributed by atoms with E-state index in [-0.39, 0.29) is 17.3 Å². The summed E-state index contributed by atoms with van der Waals surface area (Å²) in [5.74, 6) is -1.00. The van der Waals surface area contributed by atoms with Gasteiger partial charge in [0, 0.05) is 13.1 Å². The van der Waals surface area contributed by atoms with Gasteiger partial charge in [-0.2, -0.15) is 0 Å². The summed E-state index contributed by atoms with van der Waals surface area (Å²) in [7, 11) is 1.76. The predicted molar refractivity (Wildman–Crippen MR) is 63.9 cm³/mol. The van der Waals surface area contributed by atoms with E-state index in [2.05, 4.69) is 0 Å². The minimum atomic E-state index is -1.09. The molecule has 1 atom stereocenters. The second kappa shape index (κ2) is 4.35. The number of anilines is 1. The first-order valence-electron chi connectivity index (χ1n) is 5.77. The van der Waals surface area contributed by atoms with Gasteiger partial charge in [-0.1, -0.05) is 6.07 Å². The van der Waals surface area contributed by atoms with Gasteiger partial charge in [0.15, 0.2) is 0 Å². The Morgan fingerprint density at radius 3 is 2.71 bits per heavy atom. The maximum absolute atomic E-state index is 13.8. The largest absolute Gasteiger partial charge is 0.478 e. The van der Waals surface area contributed by atoms with E-state index < -0.39 is 11.8 Å². The number of hydrogen-bond acceptors (Lipinski definition) is 2. The van der Waals surface area contributed by atoms with Gasteiger partial charge in [-0.3, -0.25) is 0 Å². The lowest BCUT2D eigenvalue weighted by Gasteiger charge is -2.28. The van der Waals surface area contributed by atoms with Gasteiger partial charge < -0.3 is 10.0 Å². The van der Waals surface area contributed by atoms with Crippen LogP contribution >= 0.6 is 0 Å². The van der Waals surface area contributed by atoms with Crippen molar-refractivity contribution in [2.45, 2.75) is 25.8 Å². The van der Waals surface area contributed by atoms with E-state index in [0.717, 1.165) is 12.8 Å². The molecule has 1 aliphatic carbocycles. The van der Waals surface area contributed by atoms with Gasteiger partial charge in [0.05, 0.1) is 11.3 Å². The van der Waals surface area contributed by atoms with Crippen LogP contribution in [0.2, 0.25) is 0 Å². The van der Waals surface area contributed by atoms with Crippen LogP contribution in [0.5, 0.6) is 0 Å². The number of carboxylic acid groups (broad SMARTS) is 1. The fourth-order valence-corrected chi connectivity index (χ4v) is 2.14. The molecule has 1 unspecified atom stereocenters. The summed E-state index contributed by atoms with van der Waals surface area (Å²) in [6.45, 7) is 2.01. The molecule has 0 amide bonds. The molecule has 1 aliphatic rings. The van der Waals surface area contributed by atoms with E-state index in [1.165, 1.54) is 18.2 Å². The van der Waals surface area contributed by atoms with E-state index in [4.69, 9.17) is 5.11 Å². The molecule has 1 saturated carbocycles. The van der Waals surface area contributed by atoms with Crippen molar-refractivity contribution < 1.29 is 14.3 Å². The summed E-state index contributed by atoms with van der Waals surface area (Å²) in [5.41, 5.74) is 0.222. The molecule has 0 aromatic heterocycles. The van der Waals surface area contributed by atoms with Crippen molar-refractivity contribution in [3.8, 4) is 0 Å². The Bertz CT molecular complexity index is 443. The number of carbonyl (C=O) groups is 1. The molecule has 2 rings (SSSR count). The molecule has 0 bridgehead atoms. The molecular formula is C13H16FNO2. The number of hydrogen-bond donors (Lipinski definition) is 1. The Hall–Kier alpha value is -1.58. The van der Waals surface area contributed by atoms with Crippen molar-refractivity contribution in [2.24, 2.45) is 5.92 Å². The fourth-order valence-electron chi connectivity index (χ4n) is 2.14. The normalized spacial score (nSPS) is 16.6. The lowest BCUT2D eigenvalue weighted by molar-refractivity contribution is 0.0697. The molecule has 0 spiro atoms. The van der Waals surface area contributed by atoms with Gasteiger partial charge in [0.1, 0.15) is 5.82 Å². The van der Waals surface area contributed by atoms with E-state index in [9.17, 15) is 9.18 Å². The number of rotatable bonds is 4. The highest BCUT2D eigenvalue weighted by Gasteiger charge is 2.32. The van der Waals surface area contributed by atoms with Crippen molar-refractivity contribution in [1.29, 1.82) is 0 Å². The second-order valence-corrected chi connectivity index (χ2v) is 4.63. The third-order valence-electron chi connectivity index (χ3n) is 3.49. The molecule has 1 aromatic rings. The van der Waals surface area contributed by atoms with Gasteiger partial charge >= 0.3 is 5.97 Å². The molecular weight excluding hydrogens is 221 g/mol. The Balaban J connectivity index is 2.38. The number of halogens is 1. The summed E-state index contributed by atoms with van der Waals surface area (Å²) < 4.78 is 13.8. The standard InChI is InChI=1S/C13H16FNO2/c1-8(9-6-7-9)15(2)12-10(13(16)17)4-3-5-11(12)14/h3-5,8-9H,6-7H2,1-2H3,(H,16,17). The first kappa shape index (κ1) is 11.9. The molecule has 1 fully saturated rings. The first-order chi connectivity index (χ1) is 8.02. The minimum Gasteiger partial charge on any atom is -0.478 e. The zero-order valence-electron chi connectivity index (χ0n) is 9.98. The highest BCUT2D eigenvalue weighted by molar-refractivity contribution is 5.94. The van der Waals surface area contributed by atoms with E-state index in [1.54, 1.807) is 11.9 Å². The van der Waals surface area contributed by atoms with Gasteiger partial charge in [-0.25, -0.2) is 9.18 Å². The summed E-state index contributed by atoms with van der Waals surface area (Å²) in [6, 6.07) is 4.34. The van der Waals surface area contributed by atoms with Gasteiger partial charge in [-0.05, 0) is 37.8 Å². The maximum Gasteiger partial charge on any atom is 0.337 e. The third-order valence-corrected chi connectivity index (χ3v) is 3.49. The van der Waals surface area contributed by atoms with Crippen molar-refractivity contribution in [3.63, 3.8) is 0 Å². The maximum atomic E-state index is 13.8. The number of aromatic carboxylic acids is 1. The van der Waals surface area contributed by atoms with Crippen LogP contribution in [0.3, 0.4) is 0 Å². The molecule has 0 heterocycles. The van der Waals surface area contributed by atoms with Crippen LogP contribution in [-0.2, 0) is 0 Å². The molecule has 1 aromatic carbocycles. The zero-order chi connectivity index (χ0) is 12.6. The van der Waals surface area contributed by atoms with Gasteiger partial charge in [-0.15, -0.1) is 0 Å². The number of carboxylic acids is 1.